The maximum atomic E-state index is 12.6. The molecule has 0 unspecified atom stereocenters. The summed E-state index contributed by atoms with van der Waals surface area (Å²) in [7, 11) is 0. The van der Waals surface area contributed by atoms with Crippen LogP contribution >= 0.6 is 22.6 Å². The molecule has 2 rings (SSSR count). The molecule has 0 aliphatic rings. The molecule has 0 spiro atoms. The predicted molar refractivity (Wildman–Crippen MR) is 100 cm³/mol. The first kappa shape index (κ1) is 21.2. The lowest BCUT2D eigenvalue weighted by molar-refractivity contribution is -0.137. The second-order valence-electron chi connectivity index (χ2n) is 5.82. The van der Waals surface area contributed by atoms with Crippen LogP contribution in [0.25, 0.3) is 0 Å². The van der Waals surface area contributed by atoms with Gasteiger partial charge in [-0.3, -0.25) is 9.59 Å². The number of benzene rings is 2. The quantitative estimate of drug-likeness (QED) is 0.542. The average molecular weight is 492 g/mol. The summed E-state index contributed by atoms with van der Waals surface area (Å²) in [5.41, 5.74) is 5.15. The third kappa shape index (κ3) is 5.93. The highest BCUT2D eigenvalue weighted by Gasteiger charge is 2.31. The predicted octanol–water partition coefficient (Wildman–Crippen LogP) is 2.56. The highest BCUT2D eigenvalue weighted by molar-refractivity contribution is 14.1. The average Bonchev–Trinajstić information content (AvgIpc) is 2.59. The molecule has 2 aromatic rings. The van der Waals surface area contributed by atoms with E-state index in [1.807, 2.05) is 12.1 Å². The van der Waals surface area contributed by atoms with Crippen LogP contribution in [0.3, 0.4) is 0 Å². The molecular formula is C18H16F3IN2O3. The van der Waals surface area contributed by atoms with Gasteiger partial charge in [-0.05, 0) is 58.0 Å². The lowest BCUT2D eigenvalue weighted by Crippen LogP contribution is -2.47. The number of rotatable bonds is 6. The lowest BCUT2D eigenvalue weighted by atomic mass is 10.0. The van der Waals surface area contributed by atoms with Crippen LogP contribution in [0.15, 0.2) is 48.5 Å². The molecule has 2 amide bonds. The Kier molecular flexibility index (Phi) is 6.82. The van der Waals surface area contributed by atoms with Crippen LogP contribution < -0.4 is 11.1 Å². The minimum atomic E-state index is -4.52. The molecule has 27 heavy (non-hydrogen) atoms. The van der Waals surface area contributed by atoms with Crippen molar-refractivity contribution in [2.75, 3.05) is 0 Å². The fourth-order valence-corrected chi connectivity index (χ4v) is 2.99. The first-order valence-electron chi connectivity index (χ1n) is 7.77. The maximum Gasteiger partial charge on any atom is 0.416 e. The molecule has 0 bridgehead atoms. The minimum Gasteiger partial charge on any atom is -0.378 e. The summed E-state index contributed by atoms with van der Waals surface area (Å²) in [5, 5.41) is 12.4. The Labute approximate surface area is 166 Å². The Bertz CT molecular complexity index is 825. The van der Waals surface area contributed by atoms with Gasteiger partial charge in [0.05, 0.1) is 5.56 Å². The molecule has 144 valence electrons. The number of hydrogen-bond acceptors (Lipinski definition) is 3. The second kappa shape index (κ2) is 8.70. The van der Waals surface area contributed by atoms with E-state index in [0.29, 0.717) is 0 Å². The Balaban J connectivity index is 2.09. The van der Waals surface area contributed by atoms with E-state index in [1.165, 1.54) is 0 Å². The largest absolute Gasteiger partial charge is 0.416 e. The van der Waals surface area contributed by atoms with Gasteiger partial charge >= 0.3 is 6.18 Å². The molecule has 2 atom stereocenters. The van der Waals surface area contributed by atoms with E-state index in [-0.39, 0.29) is 12.0 Å². The first-order valence-corrected chi connectivity index (χ1v) is 8.85. The van der Waals surface area contributed by atoms with Crippen LogP contribution in [-0.2, 0) is 22.2 Å². The number of nitrogens with one attached hydrogen (secondary N) is 1. The monoisotopic (exact) mass is 492 g/mol. The summed E-state index contributed by atoms with van der Waals surface area (Å²) in [5.74, 6) is -1.72. The van der Waals surface area contributed by atoms with E-state index in [2.05, 4.69) is 27.9 Å². The third-order valence-electron chi connectivity index (χ3n) is 3.79. The van der Waals surface area contributed by atoms with E-state index in [4.69, 9.17) is 5.73 Å². The van der Waals surface area contributed by atoms with Gasteiger partial charge in [-0.2, -0.15) is 13.2 Å². The zero-order valence-electron chi connectivity index (χ0n) is 13.8. The Hall–Kier alpha value is -2.14. The molecule has 9 heteroatoms. The van der Waals surface area contributed by atoms with Gasteiger partial charge in [0, 0.05) is 9.99 Å². The van der Waals surface area contributed by atoms with Crippen molar-refractivity contribution in [1.82, 2.24) is 5.32 Å². The molecule has 0 aliphatic heterocycles. The highest BCUT2D eigenvalue weighted by atomic mass is 127. The van der Waals surface area contributed by atoms with Gasteiger partial charge in [-0.25, -0.2) is 0 Å². The van der Waals surface area contributed by atoms with Crippen LogP contribution in [0, 0.1) is 3.57 Å². The number of hydrogen-bond donors (Lipinski definition) is 3. The van der Waals surface area contributed by atoms with Crippen LogP contribution in [0.1, 0.15) is 22.8 Å². The fourth-order valence-electron chi connectivity index (χ4n) is 2.38. The van der Waals surface area contributed by atoms with Crippen molar-refractivity contribution in [3.63, 3.8) is 0 Å². The van der Waals surface area contributed by atoms with Gasteiger partial charge < -0.3 is 16.2 Å². The summed E-state index contributed by atoms with van der Waals surface area (Å²) >= 11 is 2.10. The highest BCUT2D eigenvalue weighted by Crippen LogP contribution is 2.30. The number of aliphatic hydroxyl groups is 1. The van der Waals surface area contributed by atoms with Crippen LogP contribution in [-0.4, -0.2) is 23.0 Å². The van der Waals surface area contributed by atoms with E-state index < -0.39 is 35.7 Å². The summed E-state index contributed by atoms with van der Waals surface area (Å²) < 4.78 is 38.7. The van der Waals surface area contributed by atoms with Crippen molar-refractivity contribution in [1.29, 1.82) is 0 Å². The number of halogens is 4. The molecule has 0 saturated heterocycles. The molecule has 0 aromatic heterocycles. The summed E-state index contributed by atoms with van der Waals surface area (Å²) in [4.78, 5) is 23.8. The number of amides is 2. The fraction of sp³-hybridized carbons (Fsp3) is 0.222. The molecule has 0 aliphatic carbocycles. The minimum absolute atomic E-state index is 0.0296. The van der Waals surface area contributed by atoms with Gasteiger partial charge in [0.25, 0.3) is 5.91 Å². The second-order valence-corrected chi connectivity index (χ2v) is 7.07. The van der Waals surface area contributed by atoms with Crippen LogP contribution in [0.5, 0.6) is 0 Å². The molecule has 0 fully saturated rings. The van der Waals surface area contributed by atoms with Gasteiger partial charge in [-0.15, -0.1) is 0 Å². The topological polar surface area (TPSA) is 92.4 Å². The van der Waals surface area contributed by atoms with Crippen LogP contribution in [0.4, 0.5) is 13.2 Å². The molecule has 4 N–H and O–H groups in total. The van der Waals surface area contributed by atoms with Gasteiger partial charge in [-0.1, -0.05) is 24.3 Å². The Morgan fingerprint density at radius 1 is 1.15 bits per heavy atom. The van der Waals surface area contributed by atoms with Crippen molar-refractivity contribution < 1.29 is 27.9 Å². The van der Waals surface area contributed by atoms with Gasteiger partial charge in [0.15, 0.2) is 6.10 Å². The van der Waals surface area contributed by atoms with Crippen molar-refractivity contribution >= 4 is 34.4 Å². The molecule has 2 aromatic carbocycles. The SMILES string of the molecule is NC(=O)[C@@H](Cc1cccc(I)c1)NC(=O)[C@H](O)c1ccc(C(F)(F)F)cc1. The zero-order valence-corrected chi connectivity index (χ0v) is 16.0. The molecule has 0 radical (unpaired) electrons. The van der Waals surface area contributed by atoms with Crippen molar-refractivity contribution in [2.24, 2.45) is 5.73 Å². The van der Waals surface area contributed by atoms with Crippen molar-refractivity contribution in [3.8, 4) is 0 Å². The standard InChI is InChI=1S/C18H16F3IN2O3/c19-18(20,21)12-6-4-11(5-7-12)15(25)17(27)24-14(16(23)26)9-10-2-1-3-13(22)8-10/h1-8,14-15,25H,9H2,(H2,23,26)(H,24,27)/t14-,15-/m1/s1. The summed E-state index contributed by atoms with van der Waals surface area (Å²) in [6, 6.07) is 9.69. The van der Waals surface area contributed by atoms with Crippen molar-refractivity contribution in [3.05, 3.63) is 68.8 Å². The van der Waals surface area contributed by atoms with E-state index in [1.54, 1.807) is 12.1 Å². The number of alkyl halides is 3. The number of carbonyl (C=O) groups excluding carboxylic acids is 2. The zero-order chi connectivity index (χ0) is 20.2. The molecule has 0 saturated carbocycles. The lowest BCUT2D eigenvalue weighted by Gasteiger charge is -2.19. The summed E-state index contributed by atoms with van der Waals surface area (Å²) in [6.45, 7) is 0. The first-order chi connectivity index (χ1) is 12.6. The third-order valence-corrected chi connectivity index (χ3v) is 4.46. The number of primary amides is 1. The van der Waals surface area contributed by atoms with Gasteiger partial charge in [0.1, 0.15) is 6.04 Å². The summed E-state index contributed by atoms with van der Waals surface area (Å²) in [6.07, 6.45) is -6.13. The van der Waals surface area contributed by atoms with Gasteiger partial charge in [0.2, 0.25) is 5.91 Å². The van der Waals surface area contributed by atoms with Crippen molar-refractivity contribution in [2.45, 2.75) is 24.7 Å². The number of aliphatic hydroxyl groups excluding tert-OH is 1. The molecular weight excluding hydrogens is 476 g/mol. The molecule has 0 heterocycles. The Morgan fingerprint density at radius 2 is 1.78 bits per heavy atom. The normalized spacial score (nSPS) is 13.7. The number of carbonyl (C=O) groups is 2. The van der Waals surface area contributed by atoms with E-state index in [0.717, 1.165) is 33.4 Å². The van der Waals surface area contributed by atoms with E-state index in [9.17, 15) is 27.9 Å². The molecule has 5 nitrogen and oxygen atoms in total. The smallest absolute Gasteiger partial charge is 0.378 e. The van der Waals surface area contributed by atoms with E-state index >= 15 is 0 Å². The Morgan fingerprint density at radius 3 is 2.30 bits per heavy atom. The number of nitrogens with two attached hydrogens (primary N) is 1. The van der Waals surface area contributed by atoms with Crippen LogP contribution in [0.2, 0.25) is 0 Å². The maximum absolute atomic E-state index is 12.6.